The van der Waals surface area contributed by atoms with Crippen molar-refractivity contribution in [3.8, 4) is 0 Å². The van der Waals surface area contributed by atoms with E-state index in [2.05, 4.69) is 5.32 Å². The molecular weight excluding hydrogens is 218 g/mol. The summed E-state index contributed by atoms with van der Waals surface area (Å²) in [7, 11) is -2.80. The van der Waals surface area contributed by atoms with Crippen molar-refractivity contribution in [1.29, 1.82) is 0 Å². The number of rotatable bonds is 2. The van der Waals surface area contributed by atoms with E-state index < -0.39 is 15.9 Å². The molecule has 2 aliphatic heterocycles. The largest absolute Gasteiger partial charge is 0.389 e. The summed E-state index contributed by atoms with van der Waals surface area (Å²) >= 11 is 0. The van der Waals surface area contributed by atoms with Crippen molar-refractivity contribution in [2.24, 2.45) is 0 Å². The van der Waals surface area contributed by atoms with E-state index in [1.54, 1.807) is 0 Å². The van der Waals surface area contributed by atoms with Crippen molar-refractivity contribution >= 4 is 9.84 Å². The van der Waals surface area contributed by atoms with Gasteiger partial charge in [-0.05, 0) is 12.8 Å². The van der Waals surface area contributed by atoms with Gasteiger partial charge in [-0.15, -0.1) is 0 Å². The molecule has 0 bridgehead atoms. The second-order valence-electron chi connectivity index (χ2n) is 4.30. The van der Waals surface area contributed by atoms with Crippen LogP contribution < -0.4 is 5.32 Å². The number of aliphatic hydroxyl groups is 1. The molecule has 0 saturated carbocycles. The van der Waals surface area contributed by atoms with Crippen LogP contribution in [0.15, 0.2) is 0 Å². The van der Waals surface area contributed by atoms with Gasteiger partial charge in [0.25, 0.3) is 0 Å². The average molecular weight is 235 g/mol. The fourth-order valence-corrected chi connectivity index (χ4v) is 3.55. The zero-order valence-electron chi connectivity index (χ0n) is 8.55. The predicted octanol–water partition coefficient (Wildman–Crippen LogP) is -1.09. The highest BCUT2D eigenvalue weighted by atomic mass is 32.2. The van der Waals surface area contributed by atoms with Gasteiger partial charge in [-0.1, -0.05) is 0 Å². The van der Waals surface area contributed by atoms with E-state index >= 15 is 0 Å². The number of aliphatic hydroxyl groups excluding tert-OH is 1. The summed E-state index contributed by atoms with van der Waals surface area (Å²) in [5.41, 5.74) is 0. The smallest absolute Gasteiger partial charge is 0.150 e. The second-order valence-corrected chi connectivity index (χ2v) is 6.61. The number of nitrogens with one attached hydrogen (secondary N) is 1. The van der Waals surface area contributed by atoms with E-state index in [1.165, 1.54) is 0 Å². The Hall–Kier alpha value is -0.170. The highest BCUT2D eigenvalue weighted by molar-refractivity contribution is 7.91. The molecule has 0 amide bonds. The van der Waals surface area contributed by atoms with Crippen LogP contribution in [0.3, 0.4) is 0 Å². The Balaban J connectivity index is 1.81. The third-order valence-electron chi connectivity index (χ3n) is 3.05. The Morgan fingerprint density at radius 2 is 1.87 bits per heavy atom. The van der Waals surface area contributed by atoms with E-state index in [0.29, 0.717) is 26.1 Å². The maximum Gasteiger partial charge on any atom is 0.150 e. The molecule has 0 aromatic carbocycles. The van der Waals surface area contributed by atoms with E-state index in [9.17, 15) is 13.5 Å². The minimum atomic E-state index is -2.80. The Kier molecular flexibility index (Phi) is 3.30. The first-order chi connectivity index (χ1) is 7.07. The van der Waals surface area contributed by atoms with Crippen molar-refractivity contribution in [2.45, 2.75) is 31.0 Å². The normalized spacial score (nSPS) is 36.9. The summed E-state index contributed by atoms with van der Waals surface area (Å²) in [4.78, 5) is 0. The minimum Gasteiger partial charge on any atom is -0.389 e. The van der Waals surface area contributed by atoms with Crippen LogP contribution in [-0.4, -0.2) is 56.4 Å². The molecule has 2 heterocycles. The fraction of sp³-hybridized carbons (Fsp3) is 1.00. The molecule has 2 rings (SSSR count). The first kappa shape index (κ1) is 11.3. The summed E-state index contributed by atoms with van der Waals surface area (Å²) < 4.78 is 27.5. The second kappa shape index (κ2) is 4.37. The third-order valence-corrected chi connectivity index (χ3v) is 4.77. The number of sulfone groups is 1. The fourth-order valence-electron chi connectivity index (χ4n) is 2.06. The van der Waals surface area contributed by atoms with E-state index in [4.69, 9.17) is 4.74 Å². The molecular formula is C9H17NO4S. The molecule has 2 unspecified atom stereocenters. The lowest BCUT2D eigenvalue weighted by Gasteiger charge is -2.27. The molecule has 0 aliphatic carbocycles. The summed E-state index contributed by atoms with van der Waals surface area (Å²) in [6, 6.07) is 0.172. The number of ether oxygens (including phenoxy) is 1. The standard InChI is InChI=1S/C9H17NO4S/c11-9-6-14-5-8(9)10-7-1-3-15(12,13)4-2-7/h7-11H,1-6H2. The molecule has 2 fully saturated rings. The van der Waals surface area contributed by atoms with Gasteiger partial charge < -0.3 is 15.2 Å². The summed E-state index contributed by atoms with van der Waals surface area (Å²) in [6.45, 7) is 0.896. The molecule has 5 nitrogen and oxygen atoms in total. The number of hydrogen-bond donors (Lipinski definition) is 2. The Morgan fingerprint density at radius 1 is 1.20 bits per heavy atom. The minimum absolute atomic E-state index is 0.0317. The van der Waals surface area contributed by atoms with Crippen LogP contribution in [0.1, 0.15) is 12.8 Å². The molecule has 2 atom stereocenters. The van der Waals surface area contributed by atoms with E-state index in [0.717, 1.165) is 0 Å². The van der Waals surface area contributed by atoms with Crippen molar-refractivity contribution in [2.75, 3.05) is 24.7 Å². The van der Waals surface area contributed by atoms with Gasteiger partial charge in [0.05, 0.1) is 36.9 Å². The zero-order valence-corrected chi connectivity index (χ0v) is 9.37. The molecule has 0 spiro atoms. The summed E-state index contributed by atoms with van der Waals surface area (Å²) in [5.74, 6) is 0.517. The zero-order chi connectivity index (χ0) is 10.9. The molecule has 2 saturated heterocycles. The maximum atomic E-state index is 11.2. The Bertz CT molecular complexity index is 302. The van der Waals surface area contributed by atoms with E-state index in [1.807, 2.05) is 0 Å². The Labute approximate surface area is 89.7 Å². The molecule has 0 aromatic rings. The molecule has 6 heteroatoms. The maximum absolute atomic E-state index is 11.2. The average Bonchev–Trinajstić information content (AvgIpc) is 2.56. The molecule has 2 aliphatic rings. The van der Waals surface area contributed by atoms with Gasteiger partial charge in [0, 0.05) is 6.04 Å². The Morgan fingerprint density at radius 3 is 2.40 bits per heavy atom. The van der Waals surface area contributed by atoms with Crippen molar-refractivity contribution in [1.82, 2.24) is 5.32 Å². The van der Waals surface area contributed by atoms with Gasteiger partial charge in [-0.2, -0.15) is 0 Å². The van der Waals surface area contributed by atoms with Gasteiger partial charge in [0.15, 0.2) is 0 Å². The van der Waals surface area contributed by atoms with Crippen LogP contribution in [0, 0.1) is 0 Å². The molecule has 0 aromatic heterocycles. The SMILES string of the molecule is O=S1(=O)CCC(NC2COCC2O)CC1. The molecule has 88 valence electrons. The van der Waals surface area contributed by atoms with Gasteiger partial charge in [0.2, 0.25) is 0 Å². The third kappa shape index (κ3) is 2.90. The van der Waals surface area contributed by atoms with Crippen molar-refractivity contribution in [3.05, 3.63) is 0 Å². The van der Waals surface area contributed by atoms with Crippen LogP contribution >= 0.6 is 0 Å². The van der Waals surface area contributed by atoms with Crippen molar-refractivity contribution < 1.29 is 18.3 Å². The van der Waals surface area contributed by atoms with Gasteiger partial charge >= 0.3 is 0 Å². The lowest BCUT2D eigenvalue weighted by atomic mass is 10.1. The topological polar surface area (TPSA) is 75.6 Å². The molecule has 0 radical (unpaired) electrons. The first-order valence-electron chi connectivity index (χ1n) is 5.29. The molecule has 2 N–H and O–H groups in total. The monoisotopic (exact) mass is 235 g/mol. The van der Waals surface area contributed by atoms with Crippen LogP contribution in [0.4, 0.5) is 0 Å². The highest BCUT2D eigenvalue weighted by Crippen LogP contribution is 2.15. The first-order valence-corrected chi connectivity index (χ1v) is 7.11. The quantitative estimate of drug-likeness (QED) is 0.636. The van der Waals surface area contributed by atoms with Crippen LogP contribution in [0.2, 0.25) is 0 Å². The van der Waals surface area contributed by atoms with Gasteiger partial charge in [-0.25, -0.2) is 8.42 Å². The van der Waals surface area contributed by atoms with Crippen LogP contribution in [0.25, 0.3) is 0 Å². The van der Waals surface area contributed by atoms with Gasteiger partial charge in [0.1, 0.15) is 9.84 Å². The lowest BCUT2D eigenvalue weighted by Crippen LogP contribution is -2.47. The summed E-state index contributed by atoms with van der Waals surface area (Å²) in [5, 5.41) is 12.8. The number of hydrogen-bond acceptors (Lipinski definition) is 5. The van der Waals surface area contributed by atoms with Crippen LogP contribution in [-0.2, 0) is 14.6 Å². The predicted molar refractivity (Wildman–Crippen MR) is 55.4 cm³/mol. The van der Waals surface area contributed by atoms with Crippen LogP contribution in [0.5, 0.6) is 0 Å². The van der Waals surface area contributed by atoms with E-state index in [-0.39, 0.29) is 23.6 Å². The lowest BCUT2D eigenvalue weighted by molar-refractivity contribution is 0.121. The summed E-state index contributed by atoms with van der Waals surface area (Å²) in [6.07, 6.45) is 0.834. The highest BCUT2D eigenvalue weighted by Gasteiger charge is 2.30. The molecule has 15 heavy (non-hydrogen) atoms. The van der Waals surface area contributed by atoms with Gasteiger partial charge in [-0.3, -0.25) is 0 Å². The van der Waals surface area contributed by atoms with Crippen molar-refractivity contribution in [3.63, 3.8) is 0 Å².